The summed E-state index contributed by atoms with van der Waals surface area (Å²) in [6.07, 6.45) is -4.79. The van der Waals surface area contributed by atoms with Crippen molar-refractivity contribution in [3.63, 3.8) is 0 Å². The molecule has 0 fully saturated rings. The van der Waals surface area contributed by atoms with Gasteiger partial charge in [0.05, 0.1) is 19.9 Å². The SMILES string of the molecule is COc1cc(Nc2cc(-c3cccc(OC(F)(F)F)c3)nc(NC(C)(C)C)n2)cc(OC)c1. The second kappa shape index (κ2) is 9.43. The average Bonchev–Trinajstić information content (AvgIpc) is 2.71. The van der Waals surface area contributed by atoms with E-state index in [-0.39, 0.29) is 11.3 Å². The van der Waals surface area contributed by atoms with E-state index in [1.54, 1.807) is 44.6 Å². The zero-order valence-electron chi connectivity index (χ0n) is 18.9. The van der Waals surface area contributed by atoms with Crippen molar-refractivity contribution >= 4 is 17.5 Å². The van der Waals surface area contributed by atoms with E-state index in [0.29, 0.717) is 40.2 Å². The number of hydrogen-bond donors (Lipinski definition) is 2. The van der Waals surface area contributed by atoms with Crippen LogP contribution in [0.3, 0.4) is 0 Å². The summed E-state index contributed by atoms with van der Waals surface area (Å²) in [6, 6.07) is 12.5. The van der Waals surface area contributed by atoms with Crippen LogP contribution >= 0.6 is 0 Å². The van der Waals surface area contributed by atoms with Crippen LogP contribution < -0.4 is 24.8 Å². The Morgan fingerprint density at radius 2 is 1.48 bits per heavy atom. The lowest BCUT2D eigenvalue weighted by molar-refractivity contribution is -0.274. The van der Waals surface area contributed by atoms with Gasteiger partial charge in [-0.2, -0.15) is 4.98 Å². The van der Waals surface area contributed by atoms with E-state index in [2.05, 4.69) is 25.3 Å². The predicted octanol–water partition coefficient (Wildman–Crippen LogP) is 6.01. The summed E-state index contributed by atoms with van der Waals surface area (Å²) in [5, 5.41) is 6.37. The second-order valence-electron chi connectivity index (χ2n) is 8.14. The van der Waals surface area contributed by atoms with Crippen molar-refractivity contribution in [2.45, 2.75) is 32.7 Å². The van der Waals surface area contributed by atoms with E-state index in [4.69, 9.17) is 9.47 Å². The first-order chi connectivity index (χ1) is 15.4. The molecule has 0 spiro atoms. The molecule has 0 amide bonds. The third kappa shape index (κ3) is 7.16. The van der Waals surface area contributed by atoms with Gasteiger partial charge in [-0.3, -0.25) is 0 Å². The Morgan fingerprint density at radius 3 is 2.06 bits per heavy atom. The molecule has 176 valence electrons. The number of ether oxygens (including phenoxy) is 3. The zero-order chi connectivity index (χ0) is 24.2. The van der Waals surface area contributed by atoms with Crippen LogP contribution in [-0.2, 0) is 0 Å². The Morgan fingerprint density at radius 1 is 0.818 bits per heavy atom. The first-order valence-electron chi connectivity index (χ1n) is 9.98. The van der Waals surface area contributed by atoms with Gasteiger partial charge >= 0.3 is 6.36 Å². The molecule has 0 aliphatic rings. The number of rotatable bonds is 7. The molecule has 1 heterocycles. The van der Waals surface area contributed by atoms with E-state index >= 15 is 0 Å². The standard InChI is InChI=1S/C23H25F3N4O3/c1-22(2,3)30-21-28-19(14-7-6-8-16(9-14)33-23(24,25)26)13-20(29-21)27-15-10-17(31-4)12-18(11-15)32-5/h6-13H,1-5H3,(H2,27,28,29,30). The van der Waals surface area contributed by atoms with Gasteiger partial charge in [0, 0.05) is 41.1 Å². The first kappa shape index (κ1) is 24.0. The summed E-state index contributed by atoms with van der Waals surface area (Å²) in [5.41, 5.74) is 1.13. The summed E-state index contributed by atoms with van der Waals surface area (Å²) in [4.78, 5) is 8.99. The molecule has 0 atom stereocenters. The molecule has 0 unspecified atom stereocenters. The number of benzene rings is 2. The van der Waals surface area contributed by atoms with Crippen LogP contribution in [0.4, 0.5) is 30.6 Å². The highest BCUT2D eigenvalue weighted by atomic mass is 19.4. The number of alkyl halides is 3. The Labute approximate surface area is 189 Å². The van der Waals surface area contributed by atoms with Crippen molar-refractivity contribution in [2.24, 2.45) is 0 Å². The van der Waals surface area contributed by atoms with Gasteiger partial charge in [-0.15, -0.1) is 13.2 Å². The molecule has 33 heavy (non-hydrogen) atoms. The number of anilines is 3. The minimum Gasteiger partial charge on any atom is -0.497 e. The van der Waals surface area contributed by atoms with Gasteiger partial charge in [-0.1, -0.05) is 12.1 Å². The zero-order valence-corrected chi connectivity index (χ0v) is 18.9. The number of nitrogens with zero attached hydrogens (tertiary/aromatic N) is 2. The van der Waals surface area contributed by atoms with Crippen LogP contribution in [0.2, 0.25) is 0 Å². The van der Waals surface area contributed by atoms with Gasteiger partial charge in [0.2, 0.25) is 5.95 Å². The molecule has 7 nitrogen and oxygen atoms in total. The quantitative estimate of drug-likeness (QED) is 0.445. The molecule has 0 aliphatic heterocycles. The van der Waals surface area contributed by atoms with Crippen molar-refractivity contribution in [3.05, 3.63) is 48.5 Å². The fourth-order valence-corrected chi connectivity index (χ4v) is 2.93. The van der Waals surface area contributed by atoms with Crippen molar-refractivity contribution in [1.82, 2.24) is 9.97 Å². The lowest BCUT2D eigenvalue weighted by atomic mass is 10.1. The van der Waals surface area contributed by atoms with Crippen molar-refractivity contribution in [1.29, 1.82) is 0 Å². The lowest BCUT2D eigenvalue weighted by Crippen LogP contribution is -2.27. The fourth-order valence-electron chi connectivity index (χ4n) is 2.93. The molecule has 10 heteroatoms. The highest BCUT2D eigenvalue weighted by Crippen LogP contribution is 2.31. The summed E-state index contributed by atoms with van der Waals surface area (Å²) < 4.78 is 52.7. The van der Waals surface area contributed by atoms with E-state index in [1.807, 2.05) is 20.8 Å². The number of methoxy groups -OCH3 is 2. The van der Waals surface area contributed by atoms with Crippen molar-refractivity contribution < 1.29 is 27.4 Å². The maximum absolute atomic E-state index is 12.7. The molecule has 3 aromatic rings. The number of aromatic nitrogens is 2. The Balaban J connectivity index is 2.03. The van der Waals surface area contributed by atoms with Gasteiger partial charge in [-0.25, -0.2) is 4.98 Å². The second-order valence-corrected chi connectivity index (χ2v) is 8.14. The van der Waals surface area contributed by atoms with Gasteiger partial charge in [0.15, 0.2) is 0 Å². The van der Waals surface area contributed by atoms with Crippen LogP contribution in [0.1, 0.15) is 20.8 Å². The molecule has 1 aromatic heterocycles. The highest BCUT2D eigenvalue weighted by Gasteiger charge is 2.31. The van der Waals surface area contributed by atoms with Crippen LogP contribution in [0.15, 0.2) is 48.5 Å². The number of hydrogen-bond acceptors (Lipinski definition) is 7. The third-order valence-corrected chi connectivity index (χ3v) is 4.20. The van der Waals surface area contributed by atoms with Crippen molar-refractivity contribution in [2.75, 3.05) is 24.9 Å². The van der Waals surface area contributed by atoms with E-state index in [0.717, 1.165) is 0 Å². The maximum Gasteiger partial charge on any atom is 0.573 e. The third-order valence-electron chi connectivity index (χ3n) is 4.20. The van der Waals surface area contributed by atoms with Crippen LogP contribution in [-0.4, -0.2) is 36.1 Å². The minimum absolute atomic E-state index is 0.305. The molecule has 0 radical (unpaired) electrons. The normalized spacial score (nSPS) is 11.6. The van der Waals surface area contributed by atoms with Crippen molar-refractivity contribution in [3.8, 4) is 28.5 Å². The highest BCUT2D eigenvalue weighted by molar-refractivity contribution is 5.69. The lowest BCUT2D eigenvalue weighted by Gasteiger charge is -2.21. The predicted molar refractivity (Wildman–Crippen MR) is 120 cm³/mol. The van der Waals surface area contributed by atoms with Gasteiger partial charge in [0.25, 0.3) is 0 Å². The number of halogens is 3. The number of nitrogens with one attached hydrogen (secondary N) is 2. The molecule has 0 saturated carbocycles. The van der Waals surface area contributed by atoms with Crippen LogP contribution in [0.25, 0.3) is 11.3 Å². The molecule has 0 aliphatic carbocycles. The molecule has 3 rings (SSSR count). The Bertz CT molecular complexity index is 1090. The summed E-state index contributed by atoms with van der Waals surface area (Å²) >= 11 is 0. The topological polar surface area (TPSA) is 77.5 Å². The molecule has 0 bridgehead atoms. The molecule has 0 saturated heterocycles. The van der Waals surface area contributed by atoms with Gasteiger partial charge in [-0.05, 0) is 32.9 Å². The summed E-state index contributed by atoms with van der Waals surface area (Å²) in [6.45, 7) is 5.84. The van der Waals surface area contributed by atoms with Gasteiger partial charge in [0.1, 0.15) is 23.1 Å². The molecule has 2 N–H and O–H groups in total. The Kier molecular flexibility index (Phi) is 6.85. The largest absolute Gasteiger partial charge is 0.573 e. The summed E-state index contributed by atoms with van der Waals surface area (Å²) in [5.74, 6) is 1.55. The van der Waals surface area contributed by atoms with E-state index < -0.39 is 6.36 Å². The maximum atomic E-state index is 12.7. The first-order valence-corrected chi connectivity index (χ1v) is 9.98. The van der Waals surface area contributed by atoms with Crippen LogP contribution in [0, 0.1) is 0 Å². The summed E-state index contributed by atoms with van der Waals surface area (Å²) in [7, 11) is 3.09. The van der Waals surface area contributed by atoms with E-state index in [9.17, 15) is 13.2 Å². The van der Waals surface area contributed by atoms with E-state index in [1.165, 1.54) is 18.2 Å². The monoisotopic (exact) mass is 462 g/mol. The fraction of sp³-hybridized carbons (Fsp3) is 0.304. The Hall–Kier alpha value is -3.69. The molecular weight excluding hydrogens is 437 g/mol. The molecular formula is C23H25F3N4O3. The van der Waals surface area contributed by atoms with Crippen LogP contribution in [0.5, 0.6) is 17.2 Å². The molecule has 2 aromatic carbocycles. The average molecular weight is 462 g/mol. The van der Waals surface area contributed by atoms with Gasteiger partial charge < -0.3 is 24.8 Å². The smallest absolute Gasteiger partial charge is 0.497 e. The minimum atomic E-state index is -4.79.